The van der Waals surface area contributed by atoms with E-state index in [1.807, 2.05) is 6.07 Å². The number of nitrogens with zero attached hydrogens (tertiary/aromatic N) is 4. The summed E-state index contributed by atoms with van der Waals surface area (Å²) in [5.74, 6) is 0.0590. The molecule has 180 valence electrons. The Balaban J connectivity index is 1.47. The Hall–Kier alpha value is -2.40. The number of carbonyl (C=O) groups is 1. The molecule has 2 aromatic heterocycles. The molecule has 3 N–H and O–H groups in total. The van der Waals surface area contributed by atoms with E-state index in [-0.39, 0.29) is 25.5 Å². The van der Waals surface area contributed by atoms with Crippen molar-refractivity contribution < 1.29 is 18.7 Å². The molecule has 3 heterocycles. The number of fused-ring (bicyclic) bond motifs is 1. The molecule has 33 heavy (non-hydrogen) atoms. The number of anilines is 2. The van der Waals surface area contributed by atoms with E-state index < -0.39 is 18.4 Å². The molecule has 8 nitrogen and oxygen atoms in total. The van der Waals surface area contributed by atoms with Crippen LogP contribution in [0.15, 0.2) is 29.0 Å². The number of hydrogen-bond acceptors (Lipinski definition) is 7. The lowest BCUT2D eigenvalue weighted by molar-refractivity contribution is -0.138. The molecule has 0 aromatic carbocycles. The highest BCUT2D eigenvalue weighted by molar-refractivity contribution is 9.10. The van der Waals surface area contributed by atoms with Gasteiger partial charge in [-0.05, 0) is 72.6 Å². The van der Waals surface area contributed by atoms with Crippen molar-refractivity contribution in [2.75, 3.05) is 36.8 Å². The molecule has 1 atom stereocenters. The highest BCUT2D eigenvalue weighted by atomic mass is 79.9. The van der Waals surface area contributed by atoms with E-state index in [9.17, 15) is 18.7 Å². The van der Waals surface area contributed by atoms with Crippen molar-refractivity contribution in [2.45, 2.75) is 51.0 Å². The zero-order chi connectivity index (χ0) is 23.6. The van der Waals surface area contributed by atoms with Gasteiger partial charge in [0.2, 0.25) is 5.95 Å². The number of aryl methyl sites for hydroxylation is 2. The SMILES string of the molecule is O=C(O)[C@H](CCN(CCCCc1ccc2c(n1)NCCC2)CC(F)F)Nc1ncc(Br)cn1. The molecule has 0 saturated carbocycles. The van der Waals surface area contributed by atoms with Gasteiger partial charge in [0.05, 0.1) is 11.0 Å². The number of halogens is 3. The Labute approximate surface area is 200 Å². The monoisotopic (exact) mass is 526 g/mol. The average Bonchev–Trinajstić information content (AvgIpc) is 2.79. The van der Waals surface area contributed by atoms with Crippen molar-refractivity contribution in [2.24, 2.45) is 0 Å². The van der Waals surface area contributed by atoms with E-state index in [1.54, 1.807) is 4.90 Å². The van der Waals surface area contributed by atoms with Crippen molar-refractivity contribution >= 4 is 33.7 Å². The van der Waals surface area contributed by atoms with Gasteiger partial charge in [0.1, 0.15) is 11.9 Å². The summed E-state index contributed by atoms with van der Waals surface area (Å²) in [6.45, 7) is 1.24. The normalized spacial score (nSPS) is 14.1. The summed E-state index contributed by atoms with van der Waals surface area (Å²) in [5, 5.41) is 15.6. The van der Waals surface area contributed by atoms with Crippen molar-refractivity contribution in [3.63, 3.8) is 0 Å². The van der Waals surface area contributed by atoms with E-state index in [2.05, 4.69) is 47.6 Å². The van der Waals surface area contributed by atoms with Crippen LogP contribution in [0.1, 0.15) is 36.9 Å². The van der Waals surface area contributed by atoms with Gasteiger partial charge in [-0.15, -0.1) is 0 Å². The molecule has 0 bridgehead atoms. The first kappa shape index (κ1) is 25.2. The Morgan fingerprint density at radius 3 is 2.76 bits per heavy atom. The van der Waals surface area contributed by atoms with Crippen LogP contribution in [-0.4, -0.2) is 69.6 Å². The molecule has 2 aromatic rings. The van der Waals surface area contributed by atoms with Crippen molar-refractivity contribution in [1.29, 1.82) is 0 Å². The van der Waals surface area contributed by atoms with E-state index in [1.165, 1.54) is 18.0 Å². The van der Waals surface area contributed by atoms with E-state index in [4.69, 9.17) is 0 Å². The summed E-state index contributed by atoms with van der Waals surface area (Å²) in [6.07, 6.45) is 5.15. The lowest BCUT2D eigenvalue weighted by Gasteiger charge is -2.24. The van der Waals surface area contributed by atoms with Gasteiger partial charge in [-0.2, -0.15) is 0 Å². The maximum absolute atomic E-state index is 13.1. The minimum atomic E-state index is -2.48. The first-order valence-corrected chi connectivity index (χ1v) is 11.9. The fourth-order valence-corrected chi connectivity index (χ4v) is 3.96. The number of nitrogens with one attached hydrogen (secondary N) is 2. The maximum Gasteiger partial charge on any atom is 0.326 e. The predicted octanol–water partition coefficient (Wildman–Crippen LogP) is 3.84. The van der Waals surface area contributed by atoms with Crippen LogP contribution in [0.5, 0.6) is 0 Å². The summed E-state index contributed by atoms with van der Waals surface area (Å²) in [7, 11) is 0. The maximum atomic E-state index is 13.1. The molecule has 0 fully saturated rings. The number of aliphatic carboxylic acids is 1. The van der Waals surface area contributed by atoms with Crippen molar-refractivity contribution in [3.8, 4) is 0 Å². The molecule has 0 unspecified atom stereocenters. The molecule has 3 rings (SSSR count). The van der Waals surface area contributed by atoms with Crippen LogP contribution in [0.4, 0.5) is 20.5 Å². The highest BCUT2D eigenvalue weighted by Gasteiger charge is 2.21. The second-order valence-corrected chi connectivity index (χ2v) is 8.95. The van der Waals surface area contributed by atoms with Crippen LogP contribution in [0.2, 0.25) is 0 Å². The second-order valence-electron chi connectivity index (χ2n) is 8.04. The number of pyridine rings is 1. The third-order valence-electron chi connectivity index (χ3n) is 5.46. The van der Waals surface area contributed by atoms with Crippen molar-refractivity contribution in [3.05, 3.63) is 40.3 Å². The van der Waals surface area contributed by atoms with Gasteiger partial charge in [0, 0.05) is 31.2 Å². The Bertz CT molecular complexity index is 903. The van der Waals surface area contributed by atoms with Gasteiger partial charge in [0.15, 0.2) is 0 Å². The molecule has 1 aliphatic rings. The topological polar surface area (TPSA) is 103 Å². The summed E-state index contributed by atoms with van der Waals surface area (Å²) in [4.78, 5) is 25.9. The number of aromatic nitrogens is 3. The second kappa shape index (κ2) is 12.7. The zero-order valence-corrected chi connectivity index (χ0v) is 19.9. The lowest BCUT2D eigenvalue weighted by atomic mass is 10.1. The molecule has 11 heteroatoms. The number of alkyl halides is 2. The Kier molecular flexibility index (Phi) is 9.74. The van der Waals surface area contributed by atoms with Gasteiger partial charge < -0.3 is 15.7 Å². The lowest BCUT2D eigenvalue weighted by Crippen LogP contribution is -2.37. The number of carboxylic acid groups (broad SMARTS) is 1. The third-order valence-corrected chi connectivity index (χ3v) is 5.87. The van der Waals surface area contributed by atoms with Gasteiger partial charge in [-0.1, -0.05) is 6.07 Å². The van der Waals surface area contributed by atoms with Crippen LogP contribution in [0, 0.1) is 0 Å². The van der Waals surface area contributed by atoms with E-state index in [0.717, 1.165) is 50.2 Å². The van der Waals surface area contributed by atoms with Gasteiger partial charge in [-0.3, -0.25) is 4.90 Å². The minimum absolute atomic E-state index is 0.152. The highest BCUT2D eigenvalue weighted by Crippen LogP contribution is 2.20. The molecular formula is C22H29BrF2N6O2. The summed E-state index contributed by atoms with van der Waals surface area (Å²) < 4.78 is 26.8. The first-order valence-electron chi connectivity index (χ1n) is 11.1. The standard InChI is InChI=1S/C22H29BrF2N6O2/c23-16-12-27-22(28-13-16)30-18(21(32)33)8-11-31(14-19(24)25)10-2-1-5-17-7-6-15-4-3-9-26-20(15)29-17/h6-7,12-13,18-19H,1-5,8-11,14H2,(H,26,29)(H,32,33)(H,27,28,30)/t18-/m0/s1. The van der Waals surface area contributed by atoms with Crippen LogP contribution in [-0.2, 0) is 17.6 Å². The quantitative estimate of drug-likeness (QED) is 0.338. The van der Waals surface area contributed by atoms with Crippen LogP contribution in [0.3, 0.4) is 0 Å². The fourth-order valence-electron chi connectivity index (χ4n) is 3.75. The first-order chi connectivity index (χ1) is 15.9. The summed E-state index contributed by atoms with van der Waals surface area (Å²) >= 11 is 3.22. The number of unbranched alkanes of at least 4 members (excludes halogenated alkanes) is 1. The molecule has 0 amide bonds. The van der Waals surface area contributed by atoms with Gasteiger partial charge in [-0.25, -0.2) is 28.5 Å². The zero-order valence-electron chi connectivity index (χ0n) is 18.3. The smallest absolute Gasteiger partial charge is 0.326 e. The van der Waals surface area contributed by atoms with Crippen LogP contribution in [0.25, 0.3) is 0 Å². The minimum Gasteiger partial charge on any atom is -0.480 e. The van der Waals surface area contributed by atoms with Crippen LogP contribution < -0.4 is 10.6 Å². The van der Waals surface area contributed by atoms with E-state index >= 15 is 0 Å². The largest absolute Gasteiger partial charge is 0.480 e. The molecule has 0 spiro atoms. The third kappa shape index (κ3) is 8.47. The molecule has 0 saturated heterocycles. The fraction of sp³-hybridized carbons (Fsp3) is 0.545. The van der Waals surface area contributed by atoms with Gasteiger partial charge >= 0.3 is 5.97 Å². The van der Waals surface area contributed by atoms with Gasteiger partial charge in [0.25, 0.3) is 6.43 Å². The molecule has 0 radical (unpaired) electrons. The summed E-state index contributed by atoms with van der Waals surface area (Å²) in [6, 6.07) is 3.18. The number of hydrogen-bond donors (Lipinski definition) is 3. The average molecular weight is 527 g/mol. The van der Waals surface area contributed by atoms with Crippen LogP contribution >= 0.6 is 15.9 Å². The molecular weight excluding hydrogens is 498 g/mol. The number of rotatable bonds is 13. The predicted molar refractivity (Wildman–Crippen MR) is 126 cm³/mol. The van der Waals surface area contributed by atoms with Crippen molar-refractivity contribution in [1.82, 2.24) is 19.9 Å². The molecule has 1 aliphatic heterocycles. The van der Waals surface area contributed by atoms with E-state index in [0.29, 0.717) is 11.0 Å². The summed E-state index contributed by atoms with van der Waals surface area (Å²) in [5.41, 5.74) is 2.23. The Morgan fingerprint density at radius 2 is 2.03 bits per heavy atom. The Morgan fingerprint density at radius 1 is 1.24 bits per heavy atom. The number of carboxylic acids is 1. The molecule has 0 aliphatic carbocycles.